The largest absolute Gasteiger partial charge is 0.492 e. The number of piperidine rings is 1. The maximum Gasteiger partial charge on any atom is 0.412 e. The zero-order chi connectivity index (χ0) is 34.8. The molecular weight excluding hydrogens is 672 g/mol. The first-order valence-electron chi connectivity index (χ1n) is 15.5. The Morgan fingerprint density at radius 2 is 1.81 bits per heavy atom. The summed E-state index contributed by atoms with van der Waals surface area (Å²) in [5.74, 6) is -1.08. The van der Waals surface area contributed by atoms with E-state index >= 15 is 0 Å². The molecule has 2 saturated heterocycles. The molecule has 5 N–H and O–H groups in total. The Morgan fingerprint density at radius 3 is 2.38 bits per heavy atom. The third kappa shape index (κ3) is 5.71. The van der Waals surface area contributed by atoms with Crippen molar-refractivity contribution in [2.45, 2.75) is 62.7 Å². The fourth-order valence-corrected chi connectivity index (χ4v) is 9.49. The predicted molar refractivity (Wildman–Crippen MR) is 170 cm³/mol. The van der Waals surface area contributed by atoms with Gasteiger partial charge in [-0.15, -0.1) is 0 Å². The molecule has 2 aromatic heterocycles. The fourth-order valence-electron chi connectivity index (χ4n) is 7.04. The van der Waals surface area contributed by atoms with E-state index in [0.29, 0.717) is 42.8 Å². The number of benzene rings is 1. The highest BCUT2D eigenvalue weighted by molar-refractivity contribution is 7.72. The van der Waals surface area contributed by atoms with E-state index in [4.69, 9.17) is 9.47 Å². The van der Waals surface area contributed by atoms with Crippen molar-refractivity contribution in [3.8, 4) is 5.75 Å². The molecule has 1 aromatic carbocycles. The minimum absolute atomic E-state index is 0.00233. The number of pyridine rings is 1. The highest BCUT2D eigenvalue weighted by Gasteiger charge is 2.65. The standard InChI is InChI=1S/C29H37N5O12P2/c1-3-17-11-20-24(34(19-6-7-19)13-21(25(20)35)27(36)37)26(45-2)23(17)32-12-18-5-4-9-33(22(18)14-32)28(38)46-29(47(39,40)41,48(42,43)44)15-31-10-8-30-16-31/h8,10-11,13,16,18-19,22H,3-7,9,12,14-15H2,1-2H3,(H,36,37)(H2,39,40,41)(H2,42,43,44)/t18?,22-/m0/s1. The molecular formula is C29H37N5O12P2. The number of carboxylic acid groups (broad SMARTS) is 1. The third-order valence-corrected chi connectivity index (χ3v) is 13.4. The van der Waals surface area contributed by atoms with Crippen LogP contribution in [0, 0.1) is 5.92 Å². The molecule has 1 amide bonds. The van der Waals surface area contributed by atoms with Gasteiger partial charge in [0.05, 0.1) is 42.6 Å². The number of nitrogens with zero attached hydrogens (tertiary/aromatic N) is 5. The molecule has 2 atom stereocenters. The number of aromatic nitrogens is 3. The molecule has 1 saturated carbocycles. The van der Waals surface area contributed by atoms with Crippen molar-refractivity contribution < 1.29 is 52.9 Å². The van der Waals surface area contributed by atoms with Crippen LogP contribution in [0.25, 0.3) is 10.9 Å². The van der Waals surface area contributed by atoms with Crippen LogP contribution in [0.3, 0.4) is 0 Å². The molecule has 0 radical (unpaired) electrons. The number of fused-ring (bicyclic) bond motifs is 2. The van der Waals surface area contributed by atoms with Gasteiger partial charge in [0.25, 0.3) is 0 Å². The smallest absolute Gasteiger partial charge is 0.412 e. The predicted octanol–water partition coefficient (Wildman–Crippen LogP) is 2.55. The summed E-state index contributed by atoms with van der Waals surface area (Å²) in [5.41, 5.74) is 0.916. The number of methoxy groups -OCH3 is 1. The number of ether oxygens (including phenoxy) is 2. The van der Waals surface area contributed by atoms with E-state index in [0.717, 1.165) is 29.3 Å². The molecule has 0 spiro atoms. The number of carboxylic acids is 1. The van der Waals surface area contributed by atoms with Crippen molar-refractivity contribution >= 4 is 43.8 Å². The second-order valence-electron chi connectivity index (χ2n) is 12.5. The zero-order valence-electron chi connectivity index (χ0n) is 26.2. The van der Waals surface area contributed by atoms with Crippen molar-refractivity contribution in [2.24, 2.45) is 5.92 Å². The molecule has 19 heteroatoms. The number of aryl methyl sites for hydroxylation is 1. The van der Waals surface area contributed by atoms with Gasteiger partial charge in [0, 0.05) is 44.3 Å². The maximum absolute atomic E-state index is 13.8. The van der Waals surface area contributed by atoms with Crippen LogP contribution in [0.2, 0.25) is 0 Å². The summed E-state index contributed by atoms with van der Waals surface area (Å²) in [6, 6.07) is 1.13. The number of hydrogen-bond donors (Lipinski definition) is 5. The summed E-state index contributed by atoms with van der Waals surface area (Å²) < 4.78 is 39.5. The molecule has 1 aliphatic carbocycles. The Labute approximate surface area is 274 Å². The number of amides is 1. The lowest BCUT2D eigenvalue weighted by Gasteiger charge is -2.40. The molecule has 2 aliphatic heterocycles. The van der Waals surface area contributed by atoms with E-state index in [-0.39, 0.29) is 36.0 Å². The van der Waals surface area contributed by atoms with Crippen LogP contribution >= 0.6 is 15.2 Å². The monoisotopic (exact) mass is 709 g/mol. The molecule has 3 aliphatic rings. The van der Waals surface area contributed by atoms with Gasteiger partial charge in [-0.3, -0.25) is 13.9 Å². The molecule has 3 fully saturated rings. The molecule has 1 unspecified atom stereocenters. The van der Waals surface area contributed by atoms with E-state index in [1.165, 1.54) is 30.6 Å². The molecule has 48 heavy (non-hydrogen) atoms. The summed E-state index contributed by atoms with van der Waals surface area (Å²) >= 11 is 0. The topological polar surface area (TPSA) is 234 Å². The zero-order valence-corrected chi connectivity index (χ0v) is 28.0. The molecule has 4 heterocycles. The second-order valence-corrected chi connectivity index (χ2v) is 16.5. The Morgan fingerprint density at radius 1 is 1.10 bits per heavy atom. The van der Waals surface area contributed by atoms with Crippen LogP contribution < -0.4 is 15.1 Å². The lowest BCUT2D eigenvalue weighted by Crippen LogP contribution is -2.51. The minimum atomic E-state index is -5.80. The van der Waals surface area contributed by atoms with E-state index in [1.807, 2.05) is 11.8 Å². The second kappa shape index (κ2) is 12.3. The number of rotatable bonds is 10. The summed E-state index contributed by atoms with van der Waals surface area (Å²) in [7, 11) is -10.1. The molecule has 3 aromatic rings. The van der Waals surface area contributed by atoms with Gasteiger partial charge < -0.3 is 53.1 Å². The van der Waals surface area contributed by atoms with Gasteiger partial charge in [0.15, 0.2) is 5.75 Å². The highest BCUT2D eigenvalue weighted by atomic mass is 31.2. The van der Waals surface area contributed by atoms with Crippen molar-refractivity contribution in [2.75, 3.05) is 31.6 Å². The molecule has 17 nitrogen and oxygen atoms in total. The number of likely N-dealkylation sites (tertiary alicyclic amines) is 1. The van der Waals surface area contributed by atoms with Gasteiger partial charge in [-0.25, -0.2) is 14.6 Å². The number of anilines is 1. The van der Waals surface area contributed by atoms with E-state index in [1.54, 1.807) is 10.6 Å². The average molecular weight is 710 g/mol. The Bertz CT molecular complexity index is 1890. The summed E-state index contributed by atoms with van der Waals surface area (Å²) in [6.07, 6.45) is 6.91. The van der Waals surface area contributed by atoms with Crippen LogP contribution in [0.1, 0.15) is 54.6 Å². The van der Waals surface area contributed by atoms with Crippen LogP contribution in [-0.4, -0.2) is 93.6 Å². The molecule has 260 valence electrons. The number of hydrogen-bond acceptors (Lipinski definition) is 9. The van der Waals surface area contributed by atoms with Gasteiger partial charge in [-0.2, -0.15) is 0 Å². The van der Waals surface area contributed by atoms with E-state index in [9.17, 15) is 48.2 Å². The van der Waals surface area contributed by atoms with Gasteiger partial charge in [0.2, 0.25) is 5.43 Å². The quantitative estimate of drug-likeness (QED) is 0.190. The Kier molecular flexibility index (Phi) is 8.76. The van der Waals surface area contributed by atoms with E-state index in [2.05, 4.69) is 4.98 Å². The van der Waals surface area contributed by atoms with Crippen molar-refractivity contribution in [3.05, 3.63) is 52.3 Å². The van der Waals surface area contributed by atoms with Gasteiger partial charge in [-0.05, 0) is 49.7 Å². The minimum Gasteiger partial charge on any atom is -0.492 e. The lowest BCUT2D eigenvalue weighted by atomic mass is 9.92. The van der Waals surface area contributed by atoms with Crippen LogP contribution in [0.4, 0.5) is 10.5 Å². The summed E-state index contributed by atoms with van der Waals surface area (Å²) in [5, 5.41) is 6.49. The fraction of sp³-hybridized carbons (Fsp3) is 0.517. The SMILES string of the molecule is CCc1cc2c(=O)c(C(=O)O)cn(C3CC3)c2c(OC)c1N1CC2CCCN(C(=O)OC(Cn3ccnc3)(P(=O)(O)O)P(=O)(O)O)[C@H]2C1. The van der Waals surface area contributed by atoms with Gasteiger partial charge in [-0.1, -0.05) is 6.92 Å². The first kappa shape index (κ1) is 34.2. The first-order chi connectivity index (χ1) is 22.6. The third-order valence-electron chi connectivity index (χ3n) is 9.52. The summed E-state index contributed by atoms with van der Waals surface area (Å²) in [4.78, 5) is 87.0. The van der Waals surface area contributed by atoms with Crippen LogP contribution in [-0.2, 0) is 26.8 Å². The highest BCUT2D eigenvalue weighted by Crippen LogP contribution is 2.70. The Hall–Kier alpha value is -3.72. The van der Waals surface area contributed by atoms with Gasteiger partial charge in [0.1, 0.15) is 5.56 Å². The number of carbonyl (C=O) groups excluding carboxylic acids is 1. The van der Waals surface area contributed by atoms with Crippen LogP contribution in [0.5, 0.6) is 5.75 Å². The number of imidazole rings is 1. The first-order valence-corrected chi connectivity index (χ1v) is 18.7. The number of carbonyl (C=O) groups is 2. The summed E-state index contributed by atoms with van der Waals surface area (Å²) in [6.45, 7) is 1.62. The average Bonchev–Trinajstić information content (AvgIpc) is 3.55. The van der Waals surface area contributed by atoms with Gasteiger partial charge >= 0.3 is 32.3 Å². The van der Waals surface area contributed by atoms with Crippen LogP contribution in [0.15, 0.2) is 35.8 Å². The lowest BCUT2D eigenvalue weighted by molar-refractivity contribution is 0.0225. The van der Waals surface area contributed by atoms with Crippen molar-refractivity contribution in [1.82, 2.24) is 19.0 Å². The number of aromatic carboxylic acids is 1. The van der Waals surface area contributed by atoms with Crippen molar-refractivity contribution in [3.63, 3.8) is 0 Å². The molecule has 0 bridgehead atoms. The Balaban J connectivity index is 1.38. The maximum atomic E-state index is 13.8. The molecule has 6 rings (SSSR count). The van der Waals surface area contributed by atoms with Crippen molar-refractivity contribution in [1.29, 1.82) is 0 Å². The normalized spacial score (nSPS) is 20.2. The van der Waals surface area contributed by atoms with E-state index < -0.39 is 50.4 Å².